The van der Waals surface area contributed by atoms with Crippen LogP contribution in [-0.2, 0) is 9.53 Å². The first kappa shape index (κ1) is 15.1. The molecule has 2 N–H and O–H groups in total. The van der Waals surface area contributed by atoms with Crippen LogP contribution in [0.15, 0.2) is 41.6 Å². The van der Waals surface area contributed by atoms with E-state index in [9.17, 15) is 9.59 Å². The second-order valence-corrected chi connectivity index (χ2v) is 5.11. The predicted molar refractivity (Wildman–Crippen MR) is 79.4 cm³/mol. The fraction of sp³-hybridized carbons (Fsp3) is 0.375. The van der Waals surface area contributed by atoms with Gasteiger partial charge in [0.05, 0.1) is 17.7 Å². The second-order valence-electron chi connectivity index (χ2n) is 5.11. The molecule has 0 saturated heterocycles. The van der Waals surface area contributed by atoms with Crippen LogP contribution in [0, 0.1) is 0 Å². The van der Waals surface area contributed by atoms with E-state index in [-0.39, 0.29) is 12.1 Å². The maximum Gasteiger partial charge on any atom is 0.338 e. The number of ether oxygens (including phenoxy) is 1. The molecule has 1 aromatic carbocycles. The molecule has 0 aliphatic carbocycles. The highest BCUT2D eigenvalue weighted by atomic mass is 16.5. The Morgan fingerprint density at radius 3 is 2.62 bits per heavy atom. The first-order chi connectivity index (χ1) is 10.0. The summed E-state index contributed by atoms with van der Waals surface area (Å²) >= 11 is 0. The van der Waals surface area contributed by atoms with E-state index >= 15 is 0 Å². The zero-order chi connectivity index (χ0) is 15.4. The van der Waals surface area contributed by atoms with Crippen molar-refractivity contribution in [3.05, 3.63) is 47.2 Å². The highest BCUT2D eigenvalue weighted by Crippen LogP contribution is 2.27. The van der Waals surface area contributed by atoms with Gasteiger partial charge in [-0.15, -0.1) is 0 Å². The Morgan fingerprint density at radius 1 is 1.33 bits per heavy atom. The highest BCUT2D eigenvalue weighted by molar-refractivity contribution is 5.95. The number of nitrogens with one attached hydrogen (secondary N) is 2. The Balaban J connectivity index is 2.35. The fourth-order valence-electron chi connectivity index (χ4n) is 2.19. The molecule has 1 aliphatic heterocycles. The third kappa shape index (κ3) is 3.42. The van der Waals surface area contributed by atoms with E-state index in [0.29, 0.717) is 11.3 Å². The average molecular weight is 288 g/mol. The monoisotopic (exact) mass is 288 g/mol. The molecule has 5 heteroatoms. The van der Waals surface area contributed by atoms with E-state index in [2.05, 4.69) is 10.6 Å². The summed E-state index contributed by atoms with van der Waals surface area (Å²) in [6.45, 7) is 5.51. The summed E-state index contributed by atoms with van der Waals surface area (Å²) in [5.74, 6) is -0.400. The number of allylic oxidation sites excluding steroid dienone is 1. The lowest BCUT2D eigenvalue weighted by Gasteiger charge is -2.28. The van der Waals surface area contributed by atoms with E-state index in [0.717, 1.165) is 12.0 Å². The number of hydrogen-bond donors (Lipinski definition) is 2. The molecule has 0 aromatic heterocycles. The van der Waals surface area contributed by atoms with Crippen molar-refractivity contribution in [3.8, 4) is 0 Å². The van der Waals surface area contributed by atoms with Gasteiger partial charge in [-0.2, -0.15) is 0 Å². The molecule has 2 amide bonds. The Morgan fingerprint density at radius 2 is 2.00 bits per heavy atom. The van der Waals surface area contributed by atoms with Crippen LogP contribution >= 0.6 is 0 Å². The van der Waals surface area contributed by atoms with Crippen molar-refractivity contribution in [3.63, 3.8) is 0 Å². The van der Waals surface area contributed by atoms with Gasteiger partial charge in [-0.1, -0.05) is 37.3 Å². The molecule has 21 heavy (non-hydrogen) atoms. The van der Waals surface area contributed by atoms with E-state index < -0.39 is 12.0 Å². The number of esters is 1. The van der Waals surface area contributed by atoms with Crippen LogP contribution in [0.3, 0.4) is 0 Å². The lowest BCUT2D eigenvalue weighted by atomic mass is 9.95. The van der Waals surface area contributed by atoms with Crippen LogP contribution in [0.25, 0.3) is 0 Å². The minimum Gasteiger partial charge on any atom is -0.459 e. The van der Waals surface area contributed by atoms with E-state index in [1.165, 1.54) is 0 Å². The summed E-state index contributed by atoms with van der Waals surface area (Å²) in [7, 11) is 0. The summed E-state index contributed by atoms with van der Waals surface area (Å²) in [5, 5.41) is 5.41. The van der Waals surface area contributed by atoms with Crippen molar-refractivity contribution in [2.24, 2.45) is 0 Å². The molecule has 1 aliphatic rings. The Labute approximate surface area is 124 Å². The topological polar surface area (TPSA) is 67.4 Å². The van der Waals surface area contributed by atoms with Gasteiger partial charge in [-0.3, -0.25) is 0 Å². The molecule has 0 spiro atoms. The maximum atomic E-state index is 12.4. The third-order valence-electron chi connectivity index (χ3n) is 3.51. The standard InChI is InChI=1S/C16H20N2O3/c1-4-10(2)21-15(19)13-11(3)17-16(20)18-14(13)12-8-6-5-7-9-12/h5-10,14H,4H2,1-3H3,(H2,17,18,20)/t10-,14-/m0/s1. The molecule has 112 valence electrons. The molecular formula is C16H20N2O3. The fourth-order valence-corrected chi connectivity index (χ4v) is 2.19. The van der Waals surface area contributed by atoms with Gasteiger partial charge in [-0.05, 0) is 25.8 Å². The largest absolute Gasteiger partial charge is 0.459 e. The molecule has 1 heterocycles. The summed E-state index contributed by atoms with van der Waals surface area (Å²) < 4.78 is 5.41. The van der Waals surface area contributed by atoms with Gasteiger partial charge in [0.25, 0.3) is 0 Å². The number of carbonyl (C=O) groups is 2. The average Bonchev–Trinajstić information content (AvgIpc) is 2.47. The van der Waals surface area contributed by atoms with Gasteiger partial charge < -0.3 is 15.4 Å². The van der Waals surface area contributed by atoms with Gasteiger partial charge in [0.1, 0.15) is 0 Å². The zero-order valence-corrected chi connectivity index (χ0v) is 12.5. The van der Waals surface area contributed by atoms with Gasteiger partial charge >= 0.3 is 12.0 Å². The Hall–Kier alpha value is -2.30. The van der Waals surface area contributed by atoms with Crippen molar-refractivity contribution in [1.29, 1.82) is 0 Å². The van der Waals surface area contributed by atoms with Crippen LogP contribution in [0.5, 0.6) is 0 Å². The molecule has 2 rings (SSSR count). The predicted octanol–water partition coefficient (Wildman–Crippen LogP) is 2.66. The SMILES string of the molecule is CC[C@H](C)OC(=O)C1=C(C)NC(=O)N[C@H]1c1ccccc1. The van der Waals surface area contributed by atoms with Crippen molar-refractivity contribution >= 4 is 12.0 Å². The number of carbonyl (C=O) groups excluding carboxylic acids is 2. The summed E-state index contributed by atoms with van der Waals surface area (Å²) in [6.07, 6.45) is 0.584. The van der Waals surface area contributed by atoms with Crippen LogP contribution in [-0.4, -0.2) is 18.1 Å². The lowest BCUT2D eigenvalue weighted by molar-refractivity contribution is -0.144. The minimum absolute atomic E-state index is 0.160. The maximum absolute atomic E-state index is 12.4. The third-order valence-corrected chi connectivity index (χ3v) is 3.51. The smallest absolute Gasteiger partial charge is 0.338 e. The Bertz CT molecular complexity index is 566. The summed E-state index contributed by atoms with van der Waals surface area (Å²) in [4.78, 5) is 24.1. The molecule has 0 unspecified atom stereocenters. The molecule has 1 aromatic rings. The van der Waals surface area contributed by atoms with E-state index in [1.807, 2.05) is 44.2 Å². The summed E-state index contributed by atoms with van der Waals surface area (Å²) in [5.41, 5.74) is 1.82. The number of urea groups is 1. The second kappa shape index (κ2) is 6.43. The van der Waals surface area contributed by atoms with Crippen LogP contribution < -0.4 is 10.6 Å². The number of amides is 2. The van der Waals surface area contributed by atoms with Crippen LogP contribution in [0.2, 0.25) is 0 Å². The van der Waals surface area contributed by atoms with Gasteiger partial charge in [0.15, 0.2) is 0 Å². The zero-order valence-electron chi connectivity index (χ0n) is 12.5. The number of hydrogen-bond acceptors (Lipinski definition) is 3. The highest BCUT2D eigenvalue weighted by Gasteiger charge is 2.32. The molecule has 0 bridgehead atoms. The van der Waals surface area contributed by atoms with Gasteiger partial charge in [-0.25, -0.2) is 9.59 Å². The molecule has 2 atom stereocenters. The van der Waals surface area contributed by atoms with E-state index in [4.69, 9.17) is 4.74 Å². The molecule has 5 nitrogen and oxygen atoms in total. The van der Waals surface area contributed by atoms with Gasteiger partial charge in [0.2, 0.25) is 0 Å². The van der Waals surface area contributed by atoms with Crippen molar-refractivity contribution in [1.82, 2.24) is 10.6 Å². The molecular weight excluding hydrogens is 268 g/mol. The minimum atomic E-state index is -0.489. The van der Waals surface area contributed by atoms with Gasteiger partial charge in [0, 0.05) is 5.70 Å². The van der Waals surface area contributed by atoms with Crippen molar-refractivity contribution < 1.29 is 14.3 Å². The summed E-state index contributed by atoms with van der Waals surface area (Å²) in [6, 6.07) is 8.57. The van der Waals surface area contributed by atoms with Crippen LogP contribution in [0.1, 0.15) is 38.8 Å². The number of rotatable bonds is 4. The lowest BCUT2D eigenvalue weighted by Crippen LogP contribution is -2.45. The number of benzene rings is 1. The normalized spacial score (nSPS) is 19.6. The first-order valence-corrected chi connectivity index (χ1v) is 7.07. The van der Waals surface area contributed by atoms with E-state index in [1.54, 1.807) is 6.92 Å². The van der Waals surface area contributed by atoms with Crippen LogP contribution in [0.4, 0.5) is 4.79 Å². The van der Waals surface area contributed by atoms with Crippen molar-refractivity contribution in [2.75, 3.05) is 0 Å². The Kier molecular flexibility index (Phi) is 4.62. The van der Waals surface area contributed by atoms with Crippen molar-refractivity contribution in [2.45, 2.75) is 39.3 Å². The molecule has 0 saturated carbocycles. The quantitative estimate of drug-likeness (QED) is 0.837. The first-order valence-electron chi connectivity index (χ1n) is 7.07. The molecule has 0 fully saturated rings. The molecule has 0 radical (unpaired) electrons.